The van der Waals surface area contributed by atoms with Crippen LogP contribution in [0.15, 0.2) is 71.6 Å². The van der Waals surface area contributed by atoms with Gasteiger partial charge in [-0.2, -0.15) is 0 Å². The van der Waals surface area contributed by atoms with E-state index in [1.807, 2.05) is 0 Å². The van der Waals surface area contributed by atoms with Crippen molar-refractivity contribution in [3.8, 4) is 17.2 Å². The third-order valence-electron chi connectivity index (χ3n) is 5.07. The molecule has 0 unspecified atom stereocenters. The summed E-state index contributed by atoms with van der Waals surface area (Å²) < 4.78 is 44.4. The molecular formula is C22H17ClN2O6S. The number of anilines is 2. The van der Waals surface area contributed by atoms with Gasteiger partial charge >= 0.3 is 0 Å². The van der Waals surface area contributed by atoms with Crippen molar-refractivity contribution >= 4 is 38.9 Å². The molecule has 10 heteroatoms. The van der Waals surface area contributed by atoms with E-state index in [-0.39, 0.29) is 18.2 Å². The Bertz CT molecular complexity index is 1300. The molecule has 3 aromatic rings. The van der Waals surface area contributed by atoms with E-state index < -0.39 is 22.0 Å². The summed E-state index contributed by atoms with van der Waals surface area (Å²) in [5.74, 6) is 0.910. The van der Waals surface area contributed by atoms with Gasteiger partial charge in [0.15, 0.2) is 17.6 Å². The van der Waals surface area contributed by atoms with Crippen molar-refractivity contribution in [2.24, 2.45) is 0 Å². The third-order valence-corrected chi connectivity index (χ3v) is 7.11. The topological polar surface area (TPSA) is 94.2 Å². The van der Waals surface area contributed by atoms with Gasteiger partial charge in [0.1, 0.15) is 5.75 Å². The quantitative estimate of drug-likeness (QED) is 0.622. The van der Waals surface area contributed by atoms with Crippen LogP contribution in [0.25, 0.3) is 0 Å². The minimum absolute atomic E-state index is 0.0635. The van der Waals surface area contributed by atoms with Crippen molar-refractivity contribution in [1.82, 2.24) is 0 Å². The lowest BCUT2D eigenvalue weighted by molar-refractivity contribution is -0.122. The lowest BCUT2D eigenvalue weighted by Gasteiger charge is -2.34. The number of sulfonamides is 1. The predicted octanol–water partition coefficient (Wildman–Crippen LogP) is 3.66. The first-order valence-electron chi connectivity index (χ1n) is 9.66. The molecule has 0 aliphatic carbocycles. The van der Waals surface area contributed by atoms with Crippen LogP contribution in [0.1, 0.15) is 0 Å². The zero-order valence-electron chi connectivity index (χ0n) is 16.5. The van der Waals surface area contributed by atoms with Crippen LogP contribution in [0.5, 0.6) is 17.2 Å². The second kappa shape index (κ2) is 7.92. The maximum absolute atomic E-state index is 13.4. The average Bonchev–Trinajstić information content (AvgIpc) is 3.26. The van der Waals surface area contributed by atoms with Gasteiger partial charge in [0.25, 0.3) is 15.9 Å². The molecule has 1 N–H and O–H groups in total. The second-order valence-corrected chi connectivity index (χ2v) is 9.42. The molecule has 164 valence electrons. The van der Waals surface area contributed by atoms with E-state index >= 15 is 0 Å². The molecule has 2 aliphatic rings. The Kier molecular flexibility index (Phi) is 5.07. The number of amides is 1. The fourth-order valence-electron chi connectivity index (χ4n) is 3.50. The standard InChI is InChI=1S/C22H17ClN2O6S/c23-14-5-8-16(9-6-14)32(27,28)25-12-21(31-18-4-2-1-3-17(18)25)22(26)24-15-7-10-19-20(11-15)30-13-29-19/h1-11,21H,12-13H2,(H,24,26)/t21-/m1/s1. The lowest BCUT2D eigenvalue weighted by Crippen LogP contribution is -2.48. The van der Waals surface area contributed by atoms with Crippen LogP contribution in [-0.2, 0) is 14.8 Å². The number of carbonyl (C=O) groups is 1. The molecule has 0 bridgehead atoms. The van der Waals surface area contributed by atoms with Crippen LogP contribution in [0.2, 0.25) is 5.02 Å². The Balaban J connectivity index is 1.44. The molecule has 8 nitrogen and oxygen atoms in total. The maximum Gasteiger partial charge on any atom is 0.267 e. The van der Waals surface area contributed by atoms with Crippen LogP contribution < -0.4 is 23.8 Å². The van der Waals surface area contributed by atoms with Gasteiger partial charge in [-0.15, -0.1) is 0 Å². The fourth-order valence-corrected chi connectivity index (χ4v) is 5.10. The van der Waals surface area contributed by atoms with Gasteiger partial charge in [-0.1, -0.05) is 23.7 Å². The monoisotopic (exact) mass is 472 g/mol. The number of halogens is 1. The summed E-state index contributed by atoms with van der Waals surface area (Å²) in [5, 5.41) is 3.18. The van der Waals surface area contributed by atoms with E-state index in [4.69, 9.17) is 25.8 Å². The van der Waals surface area contributed by atoms with Crippen molar-refractivity contribution in [2.75, 3.05) is 23.0 Å². The highest BCUT2D eigenvalue weighted by atomic mass is 35.5. The van der Waals surface area contributed by atoms with Crippen LogP contribution in [0.4, 0.5) is 11.4 Å². The number of hydrogen-bond donors (Lipinski definition) is 1. The highest BCUT2D eigenvalue weighted by molar-refractivity contribution is 7.92. The minimum Gasteiger partial charge on any atom is -0.476 e. The highest BCUT2D eigenvalue weighted by Crippen LogP contribution is 2.38. The lowest BCUT2D eigenvalue weighted by atomic mass is 10.2. The number of nitrogens with zero attached hydrogens (tertiary/aromatic N) is 1. The number of para-hydroxylation sites is 2. The number of fused-ring (bicyclic) bond motifs is 2. The summed E-state index contributed by atoms with van der Waals surface area (Å²) in [6.45, 7) is -0.0782. The van der Waals surface area contributed by atoms with Gasteiger partial charge in [0, 0.05) is 16.8 Å². The number of carbonyl (C=O) groups excluding carboxylic acids is 1. The van der Waals surface area contributed by atoms with E-state index in [9.17, 15) is 13.2 Å². The Morgan fingerprint density at radius 1 is 0.969 bits per heavy atom. The molecule has 5 rings (SSSR count). The molecule has 2 heterocycles. The molecule has 0 saturated heterocycles. The molecule has 0 fully saturated rings. The van der Waals surface area contributed by atoms with E-state index in [2.05, 4.69) is 5.32 Å². The molecule has 32 heavy (non-hydrogen) atoms. The summed E-state index contributed by atoms with van der Waals surface area (Å²) in [5.41, 5.74) is 0.836. The SMILES string of the molecule is O=C(Nc1ccc2c(c1)OCO2)[C@H]1CN(S(=O)(=O)c2ccc(Cl)cc2)c2ccccc2O1. The summed E-state index contributed by atoms with van der Waals surface area (Å²) in [7, 11) is -3.96. The Morgan fingerprint density at radius 2 is 1.72 bits per heavy atom. The number of ether oxygens (including phenoxy) is 3. The summed E-state index contributed by atoms with van der Waals surface area (Å²) in [6, 6.07) is 17.5. The van der Waals surface area contributed by atoms with Gasteiger partial charge in [-0.25, -0.2) is 8.42 Å². The van der Waals surface area contributed by atoms with Crippen LogP contribution in [0, 0.1) is 0 Å². The number of rotatable bonds is 4. The zero-order chi connectivity index (χ0) is 22.3. The van der Waals surface area contributed by atoms with Crippen LogP contribution >= 0.6 is 11.6 Å². The van der Waals surface area contributed by atoms with Crippen molar-refractivity contribution in [2.45, 2.75) is 11.0 Å². The third kappa shape index (κ3) is 3.69. The van der Waals surface area contributed by atoms with Crippen molar-refractivity contribution in [3.05, 3.63) is 71.8 Å². The van der Waals surface area contributed by atoms with Crippen LogP contribution in [0.3, 0.4) is 0 Å². The molecule has 1 atom stereocenters. The maximum atomic E-state index is 13.4. The number of nitrogens with one attached hydrogen (secondary N) is 1. The molecule has 0 saturated carbocycles. The fraction of sp³-hybridized carbons (Fsp3) is 0.136. The zero-order valence-corrected chi connectivity index (χ0v) is 18.1. The average molecular weight is 473 g/mol. The van der Waals surface area contributed by atoms with Gasteiger partial charge in [-0.3, -0.25) is 9.10 Å². The van der Waals surface area contributed by atoms with Gasteiger partial charge in [0.2, 0.25) is 6.79 Å². The summed E-state index contributed by atoms with van der Waals surface area (Å²) >= 11 is 5.91. The Labute approximate surface area is 189 Å². The van der Waals surface area contributed by atoms with Gasteiger partial charge < -0.3 is 19.5 Å². The smallest absolute Gasteiger partial charge is 0.267 e. The molecule has 1 amide bonds. The summed E-state index contributed by atoms with van der Waals surface area (Å²) in [6.07, 6.45) is -1.07. The van der Waals surface area contributed by atoms with Gasteiger partial charge in [-0.05, 0) is 48.5 Å². The largest absolute Gasteiger partial charge is 0.476 e. The molecule has 2 aliphatic heterocycles. The number of benzene rings is 3. The van der Waals surface area contributed by atoms with Crippen molar-refractivity contribution in [1.29, 1.82) is 0 Å². The highest BCUT2D eigenvalue weighted by Gasteiger charge is 2.37. The second-order valence-electron chi connectivity index (χ2n) is 7.12. The Morgan fingerprint density at radius 3 is 2.53 bits per heavy atom. The molecule has 0 aromatic heterocycles. The van der Waals surface area contributed by atoms with E-state index in [0.717, 1.165) is 0 Å². The molecule has 0 radical (unpaired) electrons. The summed E-state index contributed by atoms with van der Waals surface area (Å²) in [4.78, 5) is 13.0. The molecule has 3 aromatic carbocycles. The van der Waals surface area contributed by atoms with Crippen molar-refractivity contribution < 1.29 is 27.4 Å². The van der Waals surface area contributed by atoms with E-state index in [1.165, 1.54) is 28.6 Å². The first-order chi connectivity index (χ1) is 15.4. The van der Waals surface area contributed by atoms with E-state index in [0.29, 0.717) is 33.6 Å². The first kappa shape index (κ1) is 20.5. The Hall–Kier alpha value is -3.43. The van der Waals surface area contributed by atoms with Crippen LogP contribution in [-0.4, -0.2) is 33.8 Å². The van der Waals surface area contributed by atoms with Crippen molar-refractivity contribution in [3.63, 3.8) is 0 Å². The first-order valence-corrected chi connectivity index (χ1v) is 11.5. The number of hydrogen-bond acceptors (Lipinski definition) is 6. The van der Waals surface area contributed by atoms with E-state index in [1.54, 1.807) is 42.5 Å². The predicted molar refractivity (Wildman–Crippen MR) is 118 cm³/mol. The molecular weight excluding hydrogens is 456 g/mol. The van der Waals surface area contributed by atoms with Gasteiger partial charge in [0.05, 0.1) is 17.1 Å². The normalized spacial score (nSPS) is 16.8. The molecule has 0 spiro atoms. The minimum atomic E-state index is -3.96.